The summed E-state index contributed by atoms with van der Waals surface area (Å²) in [7, 11) is 0. The van der Waals surface area contributed by atoms with Crippen LogP contribution in [0.4, 0.5) is 0 Å². The molecule has 2 aliphatic heterocycles. The van der Waals surface area contributed by atoms with Gasteiger partial charge in [-0.05, 0) is 31.1 Å². The molecule has 0 aliphatic carbocycles. The quantitative estimate of drug-likeness (QED) is 0.942. The number of nitrogens with one attached hydrogen (secondary N) is 1. The third-order valence-corrected chi connectivity index (χ3v) is 5.19. The van der Waals surface area contributed by atoms with Gasteiger partial charge in [0.2, 0.25) is 5.91 Å². The highest BCUT2D eigenvalue weighted by Crippen LogP contribution is 2.25. The Balaban J connectivity index is 1.53. The van der Waals surface area contributed by atoms with Crippen LogP contribution in [0.15, 0.2) is 41.0 Å². The van der Waals surface area contributed by atoms with Crippen LogP contribution in [0.2, 0.25) is 0 Å². The van der Waals surface area contributed by atoms with Gasteiger partial charge in [-0.25, -0.2) is 4.98 Å². The van der Waals surface area contributed by atoms with E-state index in [4.69, 9.17) is 4.74 Å². The summed E-state index contributed by atoms with van der Waals surface area (Å²) >= 11 is 1.61. The molecule has 3 heterocycles. The Bertz CT molecular complexity index is 770. The average Bonchev–Trinajstić information content (AvgIpc) is 3.21. The van der Waals surface area contributed by atoms with Crippen molar-refractivity contribution in [3.8, 4) is 0 Å². The smallest absolute Gasteiger partial charge is 0.227 e. The molecule has 0 spiro atoms. The number of hydrogen-bond acceptors (Lipinski definition) is 5. The third-order valence-electron chi connectivity index (χ3n) is 4.15. The molecule has 1 N–H and O–H groups in total. The zero-order valence-electron chi connectivity index (χ0n) is 12.6. The molecule has 1 aromatic heterocycles. The van der Waals surface area contributed by atoms with Crippen LogP contribution < -0.4 is 5.32 Å². The number of ether oxygens (including phenoxy) is 1. The predicted octanol–water partition coefficient (Wildman–Crippen LogP) is 2.53. The number of carbonyl (C=O) groups is 1. The standard InChI is InChI=1S/C17H17N3O2S/c21-16(11-6-9-22-10-7-11)19-13-5-8-18-15(13)17-20-12-3-1-2-4-14(12)23-17/h1-5,11H,6-10H2,(H,19,21). The van der Waals surface area contributed by atoms with Gasteiger partial charge in [0.15, 0.2) is 0 Å². The Morgan fingerprint density at radius 3 is 2.91 bits per heavy atom. The second kappa shape index (κ2) is 6.22. The molecule has 4 rings (SSSR count). The van der Waals surface area contributed by atoms with Crippen molar-refractivity contribution in [3.63, 3.8) is 0 Å². The van der Waals surface area contributed by atoms with Gasteiger partial charge in [-0.2, -0.15) is 0 Å². The number of amides is 1. The maximum atomic E-state index is 12.4. The van der Waals surface area contributed by atoms with Crippen LogP contribution in [-0.4, -0.2) is 36.4 Å². The number of hydrogen-bond donors (Lipinski definition) is 1. The molecule has 2 aromatic rings. The summed E-state index contributed by atoms with van der Waals surface area (Å²) in [4.78, 5) is 21.6. The minimum atomic E-state index is 0.0295. The molecule has 118 valence electrons. The highest BCUT2D eigenvalue weighted by molar-refractivity contribution is 7.20. The van der Waals surface area contributed by atoms with Gasteiger partial charge in [0.05, 0.1) is 22.5 Å². The first-order valence-electron chi connectivity index (χ1n) is 7.81. The highest BCUT2D eigenvalue weighted by atomic mass is 32.1. The summed E-state index contributed by atoms with van der Waals surface area (Å²) in [5.74, 6) is 0.0946. The summed E-state index contributed by atoms with van der Waals surface area (Å²) < 4.78 is 6.45. The maximum Gasteiger partial charge on any atom is 0.227 e. The molecule has 0 atom stereocenters. The SMILES string of the molecule is O=C(NC1=CCN=C1c1nc2ccccc2s1)C1CCOCC1. The first kappa shape index (κ1) is 14.5. The zero-order valence-corrected chi connectivity index (χ0v) is 13.4. The molecule has 1 fully saturated rings. The first-order chi connectivity index (χ1) is 11.3. The minimum Gasteiger partial charge on any atom is -0.381 e. The van der Waals surface area contributed by atoms with E-state index in [1.54, 1.807) is 11.3 Å². The number of allylic oxidation sites excluding steroid dienone is 1. The van der Waals surface area contributed by atoms with E-state index in [2.05, 4.69) is 21.4 Å². The lowest BCUT2D eigenvalue weighted by Gasteiger charge is -2.21. The van der Waals surface area contributed by atoms with Crippen molar-refractivity contribution in [2.24, 2.45) is 10.9 Å². The average molecular weight is 327 g/mol. The van der Waals surface area contributed by atoms with E-state index in [9.17, 15) is 4.79 Å². The predicted molar refractivity (Wildman–Crippen MR) is 90.8 cm³/mol. The molecular formula is C17H17N3O2S. The molecule has 0 bridgehead atoms. The number of rotatable bonds is 3. The van der Waals surface area contributed by atoms with Gasteiger partial charge in [-0.3, -0.25) is 9.79 Å². The van der Waals surface area contributed by atoms with E-state index in [0.29, 0.717) is 19.8 Å². The van der Waals surface area contributed by atoms with Gasteiger partial charge < -0.3 is 10.1 Å². The maximum absolute atomic E-state index is 12.4. The van der Waals surface area contributed by atoms with E-state index in [1.807, 2.05) is 24.3 Å². The molecule has 0 unspecified atom stereocenters. The number of para-hydroxylation sites is 1. The molecule has 1 saturated heterocycles. The Morgan fingerprint density at radius 2 is 2.09 bits per heavy atom. The Morgan fingerprint density at radius 1 is 1.26 bits per heavy atom. The summed E-state index contributed by atoms with van der Waals surface area (Å²) in [6.45, 7) is 1.92. The topological polar surface area (TPSA) is 63.6 Å². The normalized spacial score (nSPS) is 18.8. The van der Waals surface area contributed by atoms with Crippen LogP contribution in [0, 0.1) is 5.92 Å². The van der Waals surface area contributed by atoms with Crippen LogP contribution in [0.5, 0.6) is 0 Å². The number of thiazole rings is 1. The molecular weight excluding hydrogens is 310 g/mol. The number of carbonyl (C=O) groups excluding carboxylic acids is 1. The first-order valence-corrected chi connectivity index (χ1v) is 8.62. The van der Waals surface area contributed by atoms with E-state index in [1.165, 1.54) is 0 Å². The lowest BCUT2D eigenvalue weighted by atomic mass is 9.99. The Hall–Kier alpha value is -2.05. The molecule has 1 aromatic carbocycles. The van der Waals surface area contributed by atoms with E-state index < -0.39 is 0 Å². The van der Waals surface area contributed by atoms with E-state index in [-0.39, 0.29) is 11.8 Å². The molecule has 6 heteroatoms. The minimum absolute atomic E-state index is 0.0295. The van der Waals surface area contributed by atoms with Crippen molar-refractivity contribution >= 4 is 33.2 Å². The molecule has 0 saturated carbocycles. The van der Waals surface area contributed by atoms with Gasteiger partial charge in [-0.15, -0.1) is 11.3 Å². The van der Waals surface area contributed by atoms with Crippen molar-refractivity contribution in [3.05, 3.63) is 41.0 Å². The van der Waals surface area contributed by atoms with Gasteiger partial charge in [0.25, 0.3) is 0 Å². The fraction of sp³-hybridized carbons (Fsp3) is 0.353. The van der Waals surface area contributed by atoms with Gasteiger partial charge >= 0.3 is 0 Å². The fourth-order valence-electron chi connectivity index (χ4n) is 2.87. The van der Waals surface area contributed by atoms with Crippen molar-refractivity contribution in [1.82, 2.24) is 10.3 Å². The number of aromatic nitrogens is 1. The zero-order chi connectivity index (χ0) is 15.6. The molecule has 5 nitrogen and oxygen atoms in total. The highest BCUT2D eigenvalue weighted by Gasteiger charge is 2.25. The van der Waals surface area contributed by atoms with Gasteiger partial charge in [0, 0.05) is 19.1 Å². The molecule has 23 heavy (non-hydrogen) atoms. The molecule has 1 amide bonds. The number of fused-ring (bicyclic) bond motifs is 1. The van der Waals surface area contributed by atoms with Crippen molar-refractivity contribution in [2.75, 3.05) is 19.8 Å². The lowest BCUT2D eigenvalue weighted by molar-refractivity contribution is -0.126. The summed E-state index contributed by atoms with van der Waals surface area (Å²) in [6, 6.07) is 8.03. The summed E-state index contributed by atoms with van der Waals surface area (Å²) in [5.41, 5.74) is 2.56. The molecule has 2 aliphatic rings. The van der Waals surface area contributed by atoms with Crippen molar-refractivity contribution in [1.29, 1.82) is 0 Å². The second-order valence-electron chi connectivity index (χ2n) is 5.67. The molecule has 0 radical (unpaired) electrons. The van der Waals surface area contributed by atoms with Crippen molar-refractivity contribution < 1.29 is 9.53 Å². The second-order valence-corrected chi connectivity index (χ2v) is 6.70. The number of benzene rings is 1. The number of nitrogens with zero attached hydrogens (tertiary/aromatic N) is 2. The van der Waals surface area contributed by atoms with Gasteiger partial charge in [0.1, 0.15) is 10.7 Å². The summed E-state index contributed by atoms with van der Waals surface area (Å²) in [6.07, 6.45) is 3.53. The largest absolute Gasteiger partial charge is 0.381 e. The van der Waals surface area contributed by atoms with Crippen LogP contribution in [0.1, 0.15) is 17.8 Å². The van der Waals surface area contributed by atoms with Crippen LogP contribution in [-0.2, 0) is 9.53 Å². The fourth-order valence-corrected chi connectivity index (χ4v) is 3.86. The van der Waals surface area contributed by atoms with Crippen molar-refractivity contribution in [2.45, 2.75) is 12.8 Å². The Labute approximate surface area is 138 Å². The summed E-state index contributed by atoms with van der Waals surface area (Å²) in [5, 5.41) is 3.91. The van der Waals surface area contributed by atoms with Crippen LogP contribution in [0.25, 0.3) is 10.2 Å². The lowest BCUT2D eigenvalue weighted by Crippen LogP contribution is -2.35. The third kappa shape index (κ3) is 2.92. The number of aliphatic imine (C=N–C) groups is 1. The van der Waals surface area contributed by atoms with Crippen LogP contribution >= 0.6 is 11.3 Å². The van der Waals surface area contributed by atoms with E-state index in [0.717, 1.165) is 39.5 Å². The van der Waals surface area contributed by atoms with E-state index >= 15 is 0 Å². The Kier molecular flexibility index (Phi) is 3.93. The monoisotopic (exact) mass is 327 g/mol. The van der Waals surface area contributed by atoms with Gasteiger partial charge in [-0.1, -0.05) is 12.1 Å². The van der Waals surface area contributed by atoms with Crippen LogP contribution in [0.3, 0.4) is 0 Å².